The van der Waals surface area contributed by atoms with E-state index < -0.39 is 5.91 Å². The zero-order valence-electron chi connectivity index (χ0n) is 15.3. The van der Waals surface area contributed by atoms with E-state index in [1.807, 2.05) is 43.6 Å². The fraction of sp³-hybridized carbons (Fsp3) is 0.158. The number of anilines is 3. The van der Waals surface area contributed by atoms with Crippen molar-refractivity contribution in [2.45, 2.75) is 20.0 Å². The molecule has 0 radical (unpaired) electrons. The van der Waals surface area contributed by atoms with Crippen molar-refractivity contribution in [2.75, 3.05) is 10.6 Å². The minimum absolute atomic E-state index is 0.231. The lowest BCUT2D eigenvalue weighted by atomic mass is 10.2. The molecule has 9 nitrogen and oxygen atoms in total. The molecule has 0 fully saturated rings. The van der Waals surface area contributed by atoms with Gasteiger partial charge < -0.3 is 21.4 Å². The molecule has 5 N–H and O–H groups in total. The SMILES string of the molecule is CCn1cc(Nc2ncc(C(N)=O)c(NCc3c[nH]c4ccccc34)n2)cn1. The van der Waals surface area contributed by atoms with Crippen LogP contribution in [0.15, 0.2) is 49.1 Å². The number of hydrogen-bond donors (Lipinski definition) is 4. The zero-order valence-corrected chi connectivity index (χ0v) is 15.3. The van der Waals surface area contributed by atoms with E-state index in [-0.39, 0.29) is 5.56 Å². The van der Waals surface area contributed by atoms with Crippen molar-refractivity contribution in [3.8, 4) is 0 Å². The third-order valence-corrected chi connectivity index (χ3v) is 4.39. The number of primary amides is 1. The highest BCUT2D eigenvalue weighted by molar-refractivity contribution is 5.97. The van der Waals surface area contributed by atoms with E-state index in [0.717, 1.165) is 28.7 Å². The number of rotatable bonds is 7. The van der Waals surface area contributed by atoms with E-state index in [4.69, 9.17) is 5.73 Å². The number of nitrogens with zero attached hydrogens (tertiary/aromatic N) is 4. The number of para-hydroxylation sites is 1. The third kappa shape index (κ3) is 3.50. The quantitative estimate of drug-likeness (QED) is 0.393. The number of aromatic nitrogens is 5. The smallest absolute Gasteiger partial charge is 0.254 e. The average Bonchev–Trinajstić information content (AvgIpc) is 3.33. The van der Waals surface area contributed by atoms with Gasteiger partial charge in [0.05, 0.1) is 17.4 Å². The van der Waals surface area contributed by atoms with Gasteiger partial charge in [0.15, 0.2) is 0 Å². The van der Waals surface area contributed by atoms with Crippen LogP contribution >= 0.6 is 0 Å². The number of nitrogens with two attached hydrogens (primary N) is 1. The van der Waals surface area contributed by atoms with Gasteiger partial charge in [0.25, 0.3) is 5.91 Å². The predicted octanol–water partition coefficient (Wildman–Crippen LogP) is 2.63. The van der Waals surface area contributed by atoms with Gasteiger partial charge in [-0.05, 0) is 18.6 Å². The molecule has 142 valence electrons. The zero-order chi connectivity index (χ0) is 19.5. The van der Waals surface area contributed by atoms with Gasteiger partial charge in [-0.3, -0.25) is 9.48 Å². The van der Waals surface area contributed by atoms with Crippen molar-refractivity contribution >= 4 is 34.3 Å². The van der Waals surface area contributed by atoms with Crippen LogP contribution in [0, 0.1) is 0 Å². The number of aryl methyl sites for hydroxylation is 1. The molecule has 0 saturated heterocycles. The van der Waals surface area contributed by atoms with Crippen molar-refractivity contribution < 1.29 is 4.79 Å². The Hall–Kier alpha value is -3.88. The van der Waals surface area contributed by atoms with E-state index in [1.54, 1.807) is 10.9 Å². The molecule has 0 saturated carbocycles. The maximum atomic E-state index is 11.8. The molecular weight excluding hydrogens is 356 g/mol. The van der Waals surface area contributed by atoms with Crippen LogP contribution in [0.1, 0.15) is 22.8 Å². The summed E-state index contributed by atoms with van der Waals surface area (Å²) >= 11 is 0. The average molecular weight is 376 g/mol. The van der Waals surface area contributed by atoms with Gasteiger partial charge in [-0.1, -0.05) is 18.2 Å². The Kier molecular flexibility index (Phi) is 4.63. The van der Waals surface area contributed by atoms with E-state index in [2.05, 4.69) is 30.7 Å². The van der Waals surface area contributed by atoms with Gasteiger partial charge in [-0.15, -0.1) is 0 Å². The molecule has 0 aliphatic carbocycles. The second kappa shape index (κ2) is 7.39. The molecule has 3 aromatic heterocycles. The van der Waals surface area contributed by atoms with Gasteiger partial charge in [0.1, 0.15) is 5.82 Å². The van der Waals surface area contributed by atoms with E-state index in [9.17, 15) is 4.79 Å². The molecule has 0 spiro atoms. The number of carbonyl (C=O) groups excluding carboxylic acids is 1. The molecule has 0 aliphatic rings. The lowest BCUT2D eigenvalue weighted by Crippen LogP contribution is -2.17. The maximum absolute atomic E-state index is 11.8. The van der Waals surface area contributed by atoms with Crippen LogP contribution in [0.4, 0.5) is 17.5 Å². The number of carbonyl (C=O) groups is 1. The topological polar surface area (TPSA) is 127 Å². The first-order chi connectivity index (χ1) is 13.6. The van der Waals surface area contributed by atoms with Gasteiger partial charge in [0.2, 0.25) is 5.95 Å². The van der Waals surface area contributed by atoms with Gasteiger partial charge in [-0.2, -0.15) is 10.1 Å². The summed E-state index contributed by atoms with van der Waals surface area (Å²) in [6.07, 6.45) is 6.89. The summed E-state index contributed by atoms with van der Waals surface area (Å²) in [6, 6.07) is 8.01. The van der Waals surface area contributed by atoms with Crippen LogP contribution in [-0.4, -0.2) is 30.6 Å². The second-order valence-corrected chi connectivity index (χ2v) is 6.24. The minimum atomic E-state index is -0.591. The number of hydrogen-bond acceptors (Lipinski definition) is 6. The minimum Gasteiger partial charge on any atom is -0.365 e. The Morgan fingerprint density at radius 2 is 2.14 bits per heavy atom. The first-order valence-corrected chi connectivity index (χ1v) is 8.89. The Labute approximate surface area is 161 Å². The Balaban J connectivity index is 1.57. The van der Waals surface area contributed by atoms with Crippen LogP contribution in [0.25, 0.3) is 10.9 Å². The molecule has 0 atom stereocenters. The number of H-pyrrole nitrogens is 1. The molecular formula is C19H20N8O. The molecule has 28 heavy (non-hydrogen) atoms. The van der Waals surface area contributed by atoms with Crippen molar-refractivity contribution in [1.82, 2.24) is 24.7 Å². The van der Waals surface area contributed by atoms with E-state index >= 15 is 0 Å². The molecule has 0 bridgehead atoms. The molecule has 4 aromatic rings. The number of amides is 1. The Morgan fingerprint density at radius 1 is 1.29 bits per heavy atom. The van der Waals surface area contributed by atoms with Gasteiger partial charge >= 0.3 is 0 Å². The maximum Gasteiger partial charge on any atom is 0.254 e. The highest BCUT2D eigenvalue weighted by Crippen LogP contribution is 2.21. The van der Waals surface area contributed by atoms with Crippen LogP contribution < -0.4 is 16.4 Å². The van der Waals surface area contributed by atoms with Crippen LogP contribution in [0.2, 0.25) is 0 Å². The van der Waals surface area contributed by atoms with E-state index in [1.165, 1.54) is 6.20 Å². The molecule has 0 unspecified atom stereocenters. The van der Waals surface area contributed by atoms with Crippen molar-refractivity contribution in [1.29, 1.82) is 0 Å². The Bertz CT molecular complexity index is 1130. The molecule has 1 amide bonds. The molecule has 3 heterocycles. The van der Waals surface area contributed by atoms with Gasteiger partial charge in [0, 0.05) is 42.6 Å². The Morgan fingerprint density at radius 3 is 2.93 bits per heavy atom. The molecule has 1 aromatic carbocycles. The summed E-state index contributed by atoms with van der Waals surface area (Å²) in [5, 5.41) is 11.6. The number of nitrogens with one attached hydrogen (secondary N) is 3. The van der Waals surface area contributed by atoms with Crippen LogP contribution in [-0.2, 0) is 13.1 Å². The molecule has 9 heteroatoms. The summed E-state index contributed by atoms with van der Waals surface area (Å²) in [5.41, 5.74) is 8.58. The lowest BCUT2D eigenvalue weighted by Gasteiger charge is -2.10. The fourth-order valence-corrected chi connectivity index (χ4v) is 2.94. The summed E-state index contributed by atoms with van der Waals surface area (Å²) in [7, 11) is 0. The number of benzene rings is 1. The second-order valence-electron chi connectivity index (χ2n) is 6.24. The molecule has 0 aliphatic heterocycles. The highest BCUT2D eigenvalue weighted by Gasteiger charge is 2.13. The largest absolute Gasteiger partial charge is 0.365 e. The summed E-state index contributed by atoms with van der Waals surface area (Å²) in [6.45, 7) is 3.25. The number of fused-ring (bicyclic) bond motifs is 1. The normalized spacial score (nSPS) is 10.9. The monoisotopic (exact) mass is 376 g/mol. The van der Waals surface area contributed by atoms with Crippen molar-refractivity contribution in [3.05, 3.63) is 60.2 Å². The summed E-state index contributed by atoms with van der Waals surface area (Å²) < 4.78 is 1.79. The number of aromatic amines is 1. The van der Waals surface area contributed by atoms with Crippen molar-refractivity contribution in [3.63, 3.8) is 0 Å². The van der Waals surface area contributed by atoms with Crippen LogP contribution in [0.5, 0.6) is 0 Å². The highest BCUT2D eigenvalue weighted by atomic mass is 16.1. The standard InChI is InChI=1S/C19H20N8O/c1-2-27-11-13(9-24-27)25-19-23-10-15(17(20)28)18(26-19)22-8-12-7-21-16-6-4-3-5-14(12)16/h3-7,9-11,21H,2,8H2,1H3,(H2,20,28)(H2,22,23,25,26). The van der Waals surface area contributed by atoms with Crippen molar-refractivity contribution in [2.24, 2.45) is 5.73 Å². The van der Waals surface area contributed by atoms with Crippen LogP contribution in [0.3, 0.4) is 0 Å². The van der Waals surface area contributed by atoms with E-state index in [0.29, 0.717) is 18.3 Å². The first kappa shape index (κ1) is 17.5. The summed E-state index contributed by atoms with van der Waals surface area (Å²) in [4.78, 5) is 23.6. The third-order valence-electron chi connectivity index (χ3n) is 4.39. The fourth-order valence-electron chi connectivity index (χ4n) is 2.94. The summed E-state index contributed by atoms with van der Waals surface area (Å²) in [5.74, 6) is 0.132. The van der Waals surface area contributed by atoms with Gasteiger partial charge in [-0.25, -0.2) is 4.98 Å². The molecule has 4 rings (SSSR count). The lowest BCUT2D eigenvalue weighted by molar-refractivity contribution is 0.100. The predicted molar refractivity (Wildman–Crippen MR) is 107 cm³/mol. The first-order valence-electron chi connectivity index (χ1n) is 8.89.